The normalized spacial score (nSPS) is 11.7. The summed E-state index contributed by atoms with van der Waals surface area (Å²) in [5, 5.41) is 11.6. The van der Waals surface area contributed by atoms with Gasteiger partial charge >= 0.3 is 5.97 Å². The fourth-order valence-electron chi connectivity index (χ4n) is 1.47. The van der Waals surface area contributed by atoms with Crippen LogP contribution >= 0.6 is 11.6 Å². The maximum absolute atomic E-state index is 11.9. The highest BCUT2D eigenvalue weighted by atomic mass is 35.5. The maximum Gasteiger partial charge on any atom is 0.326 e. The first-order chi connectivity index (χ1) is 9.31. The monoisotopic (exact) mass is 299 g/mol. The van der Waals surface area contributed by atoms with Crippen LogP contribution in [0.25, 0.3) is 0 Å². The van der Waals surface area contributed by atoms with Gasteiger partial charge in [0.1, 0.15) is 6.04 Å². The zero-order chi connectivity index (χ0) is 15.3. The van der Waals surface area contributed by atoms with E-state index in [-0.39, 0.29) is 24.1 Å². The molecule has 0 aliphatic rings. The molecule has 0 unspecified atom stereocenters. The van der Waals surface area contributed by atoms with Gasteiger partial charge < -0.3 is 21.9 Å². The number of hydrogen-bond acceptors (Lipinski definition) is 4. The molecule has 1 rings (SSSR count). The molecule has 0 aromatic heterocycles. The van der Waals surface area contributed by atoms with Crippen molar-refractivity contribution in [1.29, 1.82) is 0 Å². The average molecular weight is 300 g/mol. The summed E-state index contributed by atoms with van der Waals surface area (Å²) in [7, 11) is 0. The zero-order valence-electron chi connectivity index (χ0n) is 10.4. The molecule has 6 N–H and O–H groups in total. The van der Waals surface area contributed by atoms with Gasteiger partial charge in [0.2, 0.25) is 5.91 Å². The van der Waals surface area contributed by atoms with Gasteiger partial charge in [-0.2, -0.15) is 0 Å². The Labute approximate surface area is 119 Å². The van der Waals surface area contributed by atoms with Crippen LogP contribution in [-0.4, -0.2) is 28.9 Å². The van der Waals surface area contributed by atoms with Gasteiger partial charge in [0.25, 0.3) is 5.91 Å². The van der Waals surface area contributed by atoms with Crippen LogP contribution in [0.15, 0.2) is 18.2 Å². The number of nitrogen functional groups attached to an aromatic ring is 1. The minimum atomic E-state index is -1.25. The first-order valence-electron chi connectivity index (χ1n) is 5.68. The summed E-state index contributed by atoms with van der Waals surface area (Å²) < 4.78 is 0. The van der Waals surface area contributed by atoms with Crippen LogP contribution in [-0.2, 0) is 9.59 Å². The first-order valence-corrected chi connectivity index (χ1v) is 6.06. The van der Waals surface area contributed by atoms with E-state index in [2.05, 4.69) is 5.32 Å². The Kier molecular flexibility index (Phi) is 5.33. The zero-order valence-corrected chi connectivity index (χ0v) is 11.2. The molecule has 7 nitrogen and oxygen atoms in total. The number of aliphatic carboxylic acids is 1. The van der Waals surface area contributed by atoms with E-state index in [1.807, 2.05) is 0 Å². The molecule has 1 atom stereocenters. The highest BCUT2D eigenvalue weighted by Gasteiger charge is 2.21. The number of amides is 2. The molecule has 20 heavy (non-hydrogen) atoms. The number of carbonyl (C=O) groups excluding carboxylic acids is 2. The van der Waals surface area contributed by atoms with E-state index in [0.717, 1.165) is 0 Å². The van der Waals surface area contributed by atoms with Gasteiger partial charge in [-0.15, -0.1) is 0 Å². The molecule has 1 aromatic carbocycles. The van der Waals surface area contributed by atoms with Gasteiger partial charge in [-0.1, -0.05) is 11.6 Å². The van der Waals surface area contributed by atoms with E-state index in [9.17, 15) is 14.4 Å². The van der Waals surface area contributed by atoms with Crippen LogP contribution in [0, 0.1) is 0 Å². The lowest BCUT2D eigenvalue weighted by Gasteiger charge is -2.14. The second-order valence-electron chi connectivity index (χ2n) is 4.11. The molecule has 0 fully saturated rings. The minimum absolute atomic E-state index is 0.0839. The summed E-state index contributed by atoms with van der Waals surface area (Å²) in [5.74, 6) is -2.51. The largest absolute Gasteiger partial charge is 0.480 e. The van der Waals surface area contributed by atoms with Crippen molar-refractivity contribution < 1.29 is 19.5 Å². The number of nitrogens with two attached hydrogens (primary N) is 2. The molecule has 2 amide bonds. The summed E-state index contributed by atoms with van der Waals surface area (Å²) in [6.07, 6.45) is -0.223. The van der Waals surface area contributed by atoms with Crippen LogP contribution < -0.4 is 16.8 Å². The summed E-state index contributed by atoms with van der Waals surface area (Å²) in [5.41, 5.74) is 10.9. The number of halogens is 1. The lowest BCUT2D eigenvalue weighted by Crippen LogP contribution is -2.41. The predicted octanol–water partition coefficient (Wildman–Crippen LogP) is 0.371. The van der Waals surface area contributed by atoms with Crippen LogP contribution in [0.2, 0.25) is 5.02 Å². The van der Waals surface area contributed by atoms with Gasteiger partial charge in [0, 0.05) is 12.0 Å². The van der Waals surface area contributed by atoms with Crippen molar-refractivity contribution in [2.24, 2.45) is 5.73 Å². The number of anilines is 1. The highest BCUT2D eigenvalue weighted by Crippen LogP contribution is 2.19. The third-order valence-electron chi connectivity index (χ3n) is 2.54. The third kappa shape index (κ3) is 4.43. The molecule has 0 spiro atoms. The van der Waals surface area contributed by atoms with Crippen molar-refractivity contribution in [2.75, 3.05) is 5.73 Å². The van der Waals surface area contributed by atoms with Crippen LogP contribution in [0.4, 0.5) is 5.69 Å². The number of nitrogens with one attached hydrogen (secondary N) is 1. The molecule has 0 bridgehead atoms. The van der Waals surface area contributed by atoms with Crippen molar-refractivity contribution >= 4 is 35.1 Å². The number of hydrogen-bond donors (Lipinski definition) is 4. The van der Waals surface area contributed by atoms with Crippen molar-refractivity contribution in [2.45, 2.75) is 18.9 Å². The van der Waals surface area contributed by atoms with Gasteiger partial charge in [0.05, 0.1) is 10.7 Å². The van der Waals surface area contributed by atoms with Crippen molar-refractivity contribution in [3.05, 3.63) is 28.8 Å². The molecular weight excluding hydrogens is 286 g/mol. The Morgan fingerprint density at radius 3 is 2.50 bits per heavy atom. The van der Waals surface area contributed by atoms with E-state index >= 15 is 0 Å². The summed E-state index contributed by atoms with van der Waals surface area (Å²) >= 11 is 5.72. The molecule has 0 heterocycles. The van der Waals surface area contributed by atoms with Gasteiger partial charge in [0.15, 0.2) is 0 Å². The Hall–Kier alpha value is -2.28. The van der Waals surface area contributed by atoms with Crippen molar-refractivity contribution in [3.63, 3.8) is 0 Å². The molecule has 0 saturated carbocycles. The lowest BCUT2D eigenvalue weighted by molar-refractivity contribution is -0.139. The summed E-state index contributed by atoms with van der Waals surface area (Å²) in [6.45, 7) is 0. The average Bonchev–Trinajstić information content (AvgIpc) is 2.36. The summed E-state index contributed by atoms with van der Waals surface area (Å²) in [6, 6.07) is 2.99. The fraction of sp³-hybridized carbons (Fsp3) is 0.250. The van der Waals surface area contributed by atoms with Crippen LogP contribution in [0.3, 0.4) is 0 Å². The molecule has 0 saturated heterocycles. The van der Waals surface area contributed by atoms with Gasteiger partial charge in [-0.3, -0.25) is 9.59 Å². The number of rotatable bonds is 6. The quantitative estimate of drug-likeness (QED) is 0.563. The molecule has 108 valence electrons. The standard InChI is InChI=1S/C12H14ClN3O4/c13-7-2-1-6(5-8(7)14)11(18)16-9(12(19)20)3-4-10(15)17/h1-2,5,9H,3-4,14H2,(H2,15,17)(H,16,18)(H,19,20)/t9-/m0/s1. The number of carboxylic acid groups (broad SMARTS) is 1. The second kappa shape index (κ2) is 6.76. The highest BCUT2D eigenvalue weighted by molar-refractivity contribution is 6.33. The van der Waals surface area contributed by atoms with E-state index in [1.165, 1.54) is 18.2 Å². The number of primary amides is 1. The molecule has 8 heteroatoms. The fourth-order valence-corrected chi connectivity index (χ4v) is 1.59. The maximum atomic E-state index is 11.9. The van der Waals surface area contributed by atoms with Crippen molar-refractivity contribution in [1.82, 2.24) is 5.32 Å². The molecule has 1 aromatic rings. The molecule has 0 aliphatic carbocycles. The van der Waals surface area contributed by atoms with Crippen LogP contribution in [0.5, 0.6) is 0 Å². The SMILES string of the molecule is NC(=O)CC[C@H](NC(=O)c1ccc(Cl)c(N)c1)C(=O)O. The smallest absolute Gasteiger partial charge is 0.326 e. The Balaban J connectivity index is 2.77. The Morgan fingerprint density at radius 2 is 2.00 bits per heavy atom. The molecule has 0 radical (unpaired) electrons. The van der Waals surface area contributed by atoms with E-state index in [4.69, 9.17) is 28.2 Å². The minimum Gasteiger partial charge on any atom is -0.480 e. The second-order valence-corrected chi connectivity index (χ2v) is 4.51. The number of carboxylic acids is 1. The van der Waals surface area contributed by atoms with Gasteiger partial charge in [-0.05, 0) is 24.6 Å². The number of carbonyl (C=O) groups is 3. The third-order valence-corrected chi connectivity index (χ3v) is 2.89. The van der Waals surface area contributed by atoms with Crippen molar-refractivity contribution in [3.8, 4) is 0 Å². The first kappa shape index (κ1) is 15.8. The van der Waals surface area contributed by atoms with E-state index < -0.39 is 23.8 Å². The van der Waals surface area contributed by atoms with E-state index in [0.29, 0.717) is 5.02 Å². The number of benzene rings is 1. The summed E-state index contributed by atoms with van der Waals surface area (Å²) in [4.78, 5) is 33.5. The topological polar surface area (TPSA) is 136 Å². The van der Waals surface area contributed by atoms with E-state index in [1.54, 1.807) is 0 Å². The molecule has 0 aliphatic heterocycles. The van der Waals surface area contributed by atoms with Gasteiger partial charge in [-0.25, -0.2) is 4.79 Å². The predicted molar refractivity (Wildman–Crippen MR) is 73.2 cm³/mol. The lowest BCUT2D eigenvalue weighted by atomic mass is 10.1. The Bertz CT molecular complexity index is 548. The molecular formula is C12H14ClN3O4. The Morgan fingerprint density at radius 1 is 1.35 bits per heavy atom. The van der Waals surface area contributed by atoms with Crippen LogP contribution in [0.1, 0.15) is 23.2 Å².